The molecule has 4 atom stereocenters. The fourth-order valence-electron chi connectivity index (χ4n) is 5.19. The Labute approximate surface area is 287 Å². The highest BCUT2D eigenvalue weighted by Crippen LogP contribution is 2.29. The van der Waals surface area contributed by atoms with Crippen molar-refractivity contribution in [1.82, 2.24) is 20.9 Å². The van der Waals surface area contributed by atoms with Crippen LogP contribution in [0.5, 0.6) is 5.75 Å². The number of carbonyl (C=O) groups is 3. The summed E-state index contributed by atoms with van der Waals surface area (Å²) in [5, 5.41) is 56.0. The van der Waals surface area contributed by atoms with E-state index in [0.29, 0.717) is 48.2 Å². The first-order chi connectivity index (χ1) is 23.0. The van der Waals surface area contributed by atoms with Gasteiger partial charge in [0.05, 0.1) is 49.3 Å². The van der Waals surface area contributed by atoms with Crippen LogP contribution < -0.4 is 26.4 Å². The van der Waals surface area contributed by atoms with Gasteiger partial charge in [-0.2, -0.15) is 0 Å². The summed E-state index contributed by atoms with van der Waals surface area (Å²) in [4.78, 5) is 39.1. The number of hydrogen-bond donors (Lipinski definition) is 9. The molecule has 1 saturated heterocycles. The van der Waals surface area contributed by atoms with E-state index in [-0.39, 0.29) is 43.1 Å². The largest absolute Gasteiger partial charge is 0.496 e. The first-order valence-corrected chi connectivity index (χ1v) is 16.9. The predicted molar refractivity (Wildman–Crippen MR) is 180 cm³/mol. The van der Waals surface area contributed by atoms with Crippen molar-refractivity contribution in [2.24, 2.45) is 0 Å². The van der Waals surface area contributed by atoms with Gasteiger partial charge in [-0.25, -0.2) is 0 Å². The maximum absolute atomic E-state index is 12.8. The van der Waals surface area contributed by atoms with Crippen molar-refractivity contribution >= 4 is 35.0 Å². The Hall–Kier alpha value is -2.76. The molecule has 48 heavy (non-hydrogen) atoms. The number of aliphatic hydroxyl groups is 5. The van der Waals surface area contributed by atoms with E-state index >= 15 is 0 Å². The smallest absolute Gasteiger partial charge is 0.255 e. The average molecular weight is 704 g/mol. The van der Waals surface area contributed by atoms with Crippen LogP contribution in [0.4, 0.5) is 5.69 Å². The molecule has 0 unspecified atom stereocenters. The number of nitrogens with two attached hydrogens (primary N) is 1. The quantitative estimate of drug-likeness (QED) is 0.0520. The molecular formula is C32H54ClN5O10. The summed E-state index contributed by atoms with van der Waals surface area (Å²) < 4.78 is 10.9. The molecule has 2 rings (SSSR count). The van der Waals surface area contributed by atoms with Crippen LogP contribution in [0.1, 0.15) is 68.1 Å². The van der Waals surface area contributed by atoms with Gasteiger partial charge in [0, 0.05) is 57.7 Å². The molecule has 10 N–H and O–H groups in total. The molecule has 274 valence electrons. The van der Waals surface area contributed by atoms with E-state index in [1.165, 1.54) is 13.2 Å². The highest BCUT2D eigenvalue weighted by Gasteiger charge is 2.30. The maximum Gasteiger partial charge on any atom is 0.255 e. The Kier molecular flexibility index (Phi) is 19.7. The fourth-order valence-corrected chi connectivity index (χ4v) is 5.35. The molecule has 0 radical (unpaired) electrons. The third-order valence-electron chi connectivity index (χ3n) is 8.25. The highest BCUT2D eigenvalue weighted by atomic mass is 35.5. The molecule has 0 aliphatic carbocycles. The number of hydrogen-bond acceptors (Lipinski definition) is 12. The molecule has 0 aromatic heterocycles. The van der Waals surface area contributed by atoms with Crippen LogP contribution in [-0.2, 0) is 14.3 Å². The van der Waals surface area contributed by atoms with E-state index < -0.39 is 31.0 Å². The molecule has 15 nitrogen and oxygen atoms in total. The fraction of sp³-hybridized carbons (Fsp3) is 0.719. The van der Waals surface area contributed by atoms with E-state index in [9.17, 15) is 34.8 Å². The van der Waals surface area contributed by atoms with E-state index in [0.717, 1.165) is 58.2 Å². The zero-order valence-corrected chi connectivity index (χ0v) is 28.5. The number of nitrogens with one attached hydrogen (secondary N) is 3. The number of methoxy groups -OCH3 is 1. The topological polar surface area (TPSA) is 236 Å². The second-order valence-corrected chi connectivity index (χ2v) is 12.4. The lowest BCUT2D eigenvalue weighted by Crippen LogP contribution is -2.49. The molecule has 1 aliphatic heterocycles. The normalized spacial score (nSPS) is 16.5. The van der Waals surface area contributed by atoms with E-state index in [2.05, 4.69) is 20.9 Å². The molecule has 1 aromatic rings. The number of ether oxygens (including phenoxy) is 2. The van der Waals surface area contributed by atoms with Gasteiger partial charge in [-0.15, -0.1) is 0 Å². The number of piperidine rings is 1. The summed E-state index contributed by atoms with van der Waals surface area (Å²) in [5.41, 5.74) is 6.51. The van der Waals surface area contributed by atoms with Gasteiger partial charge in [0.1, 0.15) is 24.1 Å². The van der Waals surface area contributed by atoms with Gasteiger partial charge in [-0.05, 0) is 31.7 Å². The molecule has 3 amide bonds. The van der Waals surface area contributed by atoms with Gasteiger partial charge in [0.25, 0.3) is 5.91 Å². The number of halogens is 1. The monoisotopic (exact) mass is 703 g/mol. The number of likely N-dealkylation sites (tertiary alicyclic amines) is 1. The average Bonchev–Trinajstić information content (AvgIpc) is 3.08. The standard InChI is InChI=1S/C32H54ClN5O10/c1-47-27-18-24(34)23(33)17-22(27)32(46)37-21-8-12-38(13-9-21)14-16-48-15-10-29(43)35-11-6-4-2-3-5-7-28(42)36-19-25(40)30(44)31(45)26(41)20-39/h17-18,21,25-26,30-31,39-41,44-45H,2-16,19-20,34H2,1H3,(H,35,43)(H,36,42)(H,37,46)/t25-,26+,30+,31+/m0/s1. The molecule has 16 heteroatoms. The number of aliphatic hydroxyl groups excluding tert-OH is 5. The van der Waals surface area contributed by atoms with Crippen LogP contribution in [0.2, 0.25) is 5.02 Å². The summed E-state index contributed by atoms with van der Waals surface area (Å²) in [6, 6.07) is 3.10. The molecule has 1 aliphatic rings. The van der Waals surface area contributed by atoms with Crippen molar-refractivity contribution in [1.29, 1.82) is 0 Å². The van der Waals surface area contributed by atoms with Crippen molar-refractivity contribution in [3.05, 3.63) is 22.7 Å². The highest BCUT2D eigenvalue weighted by molar-refractivity contribution is 6.33. The van der Waals surface area contributed by atoms with E-state index in [1.54, 1.807) is 6.07 Å². The molecule has 1 heterocycles. The first-order valence-electron chi connectivity index (χ1n) is 16.6. The third-order valence-corrected chi connectivity index (χ3v) is 8.58. The predicted octanol–water partition coefficient (Wildman–Crippen LogP) is -0.459. The lowest BCUT2D eigenvalue weighted by Gasteiger charge is -2.32. The number of benzene rings is 1. The Morgan fingerprint density at radius 3 is 2.27 bits per heavy atom. The summed E-state index contributed by atoms with van der Waals surface area (Å²) in [6.07, 6.45) is -0.296. The summed E-state index contributed by atoms with van der Waals surface area (Å²) in [6.45, 7) is 2.76. The van der Waals surface area contributed by atoms with E-state index in [1.807, 2.05) is 0 Å². The molecule has 1 fully saturated rings. The lowest BCUT2D eigenvalue weighted by atomic mass is 10.0. The minimum atomic E-state index is -1.73. The molecular weight excluding hydrogens is 650 g/mol. The molecule has 0 saturated carbocycles. The van der Waals surface area contributed by atoms with Crippen LogP contribution in [0, 0.1) is 0 Å². The van der Waals surface area contributed by atoms with Crippen LogP contribution >= 0.6 is 11.6 Å². The van der Waals surface area contributed by atoms with Gasteiger partial charge in [-0.1, -0.05) is 30.9 Å². The van der Waals surface area contributed by atoms with Crippen LogP contribution in [0.3, 0.4) is 0 Å². The van der Waals surface area contributed by atoms with Crippen molar-refractivity contribution in [2.75, 3.05) is 65.4 Å². The number of amides is 3. The van der Waals surface area contributed by atoms with Crippen molar-refractivity contribution in [3.8, 4) is 5.75 Å². The van der Waals surface area contributed by atoms with Crippen LogP contribution in [0.25, 0.3) is 0 Å². The maximum atomic E-state index is 12.8. The van der Waals surface area contributed by atoms with E-state index in [4.69, 9.17) is 31.9 Å². The summed E-state index contributed by atoms with van der Waals surface area (Å²) in [7, 11) is 1.48. The number of anilines is 1. The van der Waals surface area contributed by atoms with Crippen molar-refractivity contribution < 1.29 is 49.4 Å². The number of nitrogen functional groups attached to an aromatic ring is 1. The second-order valence-electron chi connectivity index (χ2n) is 12.0. The lowest BCUT2D eigenvalue weighted by molar-refractivity contribution is -0.126. The third kappa shape index (κ3) is 15.2. The number of unbranched alkanes of at least 4 members (excludes halogenated alkanes) is 4. The van der Waals surface area contributed by atoms with Crippen molar-refractivity contribution in [3.63, 3.8) is 0 Å². The number of carbonyl (C=O) groups excluding carboxylic acids is 3. The van der Waals surface area contributed by atoms with Gasteiger partial charge >= 0.3 is 0 Å². The summed E-state index contributed by atoms with van der Waals surface area (Å²) in [5.74, 6) is -0.235. The van der Waals surface area contributed by atoms with Gasteiger partial charge in [0.2, 0.25) is 11.8 Å². The Balaban J connectivity index is 1.43. The van der Waals surface area contributed by atoms with Crippen LogP contribution in [-0.4, -0.2) is 138 Å². The minimum absolute atomic E-state index is 0.0391. The molecule has 1 aromatic carbocycles. The number of nitrogens with zero attached hydrogens (tertiary/aromatic N) is 1. The van der Waals surface area contributed by atoms with Crippen molar-refractivity contribution in [2.45, 2.75) is 88.2 Å². The SMILES string of the molecule is COc1cc(N)c(Cl)cc1C(=O)NC1CCN(CCOCCC(=O)NCCCCCCCC(=O)NC[C@H](O)[C@@H](O)[C@H](O)[C@H](O)CO)CC1. The number of rotatable bonds is 23. The second kappa shape index (κ2) is 22.8. The van der Waals surface area contributed by atoms with Gasteiger partial charge < -0.3 is 61.6 Å². The first kappa shape index (κ1) is 41.4. The minimum Gasteiger partial charge on any atom is -0.496 e. The molecule has 0 spiro atoms. The van der Waals surface area contributed by atoms with Crippen LogP contribution in [0.15, 0.2) is 12.1 Å². The Morgan fingerprint density at radius 1 is 0.938 bits per heavy atom. The Morgan fingerprint density at radius 2 is 1.58 bits per heavy atom. The zero-order valence-electron chi connectivity index (χ0n) is 27.7. The van der Waals surface area contributed by atoms with Gasteiger partial charge in [-0.3, -0.25) is 14.4 Å². The summed E-state index contributed by atoms with van der Waals surface area (Å²) >= 11 is 6.09. The van der Waals surface area contributed by atoms with Gasteiger partial charge in [0.15, 0.2) is 0 Å². The zero-order chi connectivity index (χ0) is 35.5. The molecule has 0 bridgehead atoms. The Bertz CT molecular complexity index is 1130.